The molecule has 1 atom stereocenters. The molecule has 0 aromatic heterocycles. The minimum atomic E-state index is -0.00449. The van der Waals surface area contributed by atoms with Gasteiger partial charge in [0.1, 0.15) is 0 Å². The number of nitrogens with two attached hydrogens (primary N) is 1. The van der Waals surface area contributed by atoms with Gasteiger partial charge in [-0.15, -0.1) is 0 Å². The maximum absolute atomic E-state index is 6.05. The van der Waals surface area contributed by atoms with Gasteiger partial charge in [0.05, 0.1) is 12.6 Å². The third-order valence-corrected chi connectivity index (χ3v) is 2.32. The van der Waals surface area contributed by atoms with Crippen LogP contribution >= 0.6 is 0 Å². The molecule has 0 amide bonds. The summed E-state index contributed by atoms with van der Waals surface area (Å²) in [5.41, 5.74) is 9.74. The molecule has 1 rings (SSSR count). The Kier molecular flexibility index (Phi) is 4.79. The first kappa shape index (κ1) is 12.2. The lowest BCUT2D eigenvalue weighted by molar-refractivity contribution is 0.121. The number of rotatable bonds is 5. The Balaban J connectivity index is 2.60. The van der Waals surface area contributed by atoms with Crippen molar-refractivity contribution >= 4 is 0 Å². The average molecular weight is 207 g/mol. The highest BCUT2D eigenvalue weighted by Gasteiger charge is 2.06. The van der Waals surface area contributed by atoms with E-state index in [2.05, 4.69) is 39.0 Å². The zero-order chi connectivity index (χ0) is 11.3. The van der Waals surface area contributed by atoms with Crippen molar-refractivity contribution in [2.45, 2.75) is 33.2 Å². The summed E-state index contributed by atoms with van der Waals surface area (Å²) in [6.07, 6.45) is 1.04. The molecule has 1 aromatic carbocycles. The van der Waals surface area contributed by atoms with E-state index in [0.717, 1.165) is 13.0 Å². The molecule has 0 saturated carbocycles. The van der Waals surface area contributed by atoms with Gasteiger partial charge < -0.3 is 10.5 Å². The Morgan fingerprint density at radius 3 is 2.33 bits per heavy atom. The second kappa shape index (κ2) is 5.89. The average Bonchev–Trinajstić information content (AvgIpc) is 2.16. The minimum absolute atomic E-state index is 0.00449. The molecule has 15 heavy (non-hydrogen) atoms. The smallest absolute Gasteiger partial charge is 0.0659 e. The van der Waals surface area contributed by atoms with Crippen molar-refractivity contribution < 1.29 is 4.74 Å². The normalized spacial score (nSPS) is 12.8. The molecule has 0 aliphatic rings. The zero-order valence-corrected chi connectivity index (χ0v) is 9.92. The molecule has 1 aromatic rings. The van der Waals surface area contributed by atoms with Crippen molar-refractivity contribution in [3.63, 3.8) is 0 Å². The molecule has 0 bridgehead atoms. The van der Waals surface area contributed by atoms with Crippen LogP contribution in [0.5, 0.6) is 0 Å². The lowest BCUT2D eigenvalue weighted by atomic mass is 10.0. The van der Waals surface area contributed by atoms with E-state index in [-0.39, 0.29) is 6.04 Å². The summed E-state index contributed by atoms with van der Waals surface area (Å²) >= 11 is 0. The highest BCUT2D eigenvalue weighted by Crippen LogP contribution is 2.15. The summed E-state index contributed by atoms with van der Waals surface area (Å²) in [5.74, 6) is 0. The van der Waals surface area contributed by atoms with E-state index in [9.17, 15) is 0 Å². The molecule has 0 spiro atoms. The van der Waals surface area contributed by atoms with Crippen LogP contribution in [-0.2, 0) is 4.74 Å². The molecule has 2 N–H and O–H groups in total. The lowest BCUT2D eigenvalue weighted by Crippen LogP contribution is -2.17. The van der Waals surface area contributed by atoms with Crippen molar-refractivity contribution in [1.29, 1.82) is 0 Å². The number of hydrogen-bond acceptors (Lipinski definition) is 2. The van der Waals surface area contributed by atoms with Gasteiger partial charge in [-0.05, 0) is 25.8 Å². The third-order valence-electron chi connectivity index (χ3n) is 2.32. The standard InChI is InChI=1S/C13H21NO/c1-4-5-15-9-13(14)12-7-10(2)6-11(3)8-12/h6-8,13H,4-5,9,14H2,1-3H3. The fourth-order valence-electron chi connectivity index (χ4n) is 1.67. The fourth-order valence-corrected chi connectivity index (χ4v) is 1.67. The van der Waals surface area contributed by atoms with Crippen LogP contribution in [0.2, 0.25) is 0 Å². The first-order valence-electron chi connectivity index (χ1n) is 5.55. The zero-order valence-electron chi connectivity index (χ0n) is 9.92. The molecular formula is C13H21NO. The molecule has 2 heteroatoms. The largest absolute Gasteiger partial charge is 0.379 e. The van der Waals surface area contributed by atoms with Gasteiger partial charge in [0.2, 0.25) is 0 Å². The first-order chi connectivity index (χ1) is 7.13. The third kappa shape index (κ3) is 4.02. The molecule has 2 nitrogen and oxygen atoms in total. The Morgan fingerprint density at radius 1 is 1.20 bits per heavy atom. The van der Waals surface area contributed by atoms with Gasteiger partial charge in [-0.25, -0.2) is 0 Å². The molecule has 84 valence electrons. The van der Waals surface area contributed by atoms with Gasteiger partial charge in [-0.1, -0.05) is 36.2 Å². The summed E-state index contributed by atoms with van der Waals surface area (Å²) in [4.78, 5) is 0. The highest BCUT2D eigenvalue weighted by molar-refractivity contribution is 5.30. The number of benzene rings is 1. The maximum atomic E-state index is 6.05. The second-order valence-electron chi connectivity index (χ2n) is 4.10. The predicted molar refractivity (Wildman–Crippen MR) is 64.0 cm³/mol. The fraction of sp³-hybridized carbons (Fsp3) is 0.538. The van der Waals surface area contributed by atoms with Gasteiger partial charge in [0.25, 0.3) is 0 Å². The van der Waals surface area contributed by atoms with Crippen LogP contribution in [-0.4, -0.2) is 13.2 Å². The summed E-state index contributed by atoms with van der Waals surface area (Å²) in [6.45, 7) is 7.68. The molecule has 0 aliphatic carbocycles. The minimum Gasteiger partial charge on any atom is -0.379 e. The number of ether oxygens (including phenoxy) is 1. The molecule has 0 aliphatic heterocycles. The monoisotopic (exact) mass is 207 g/mol. The quantitative estimate of drug-likeness (QED) is 0.753. The molecule has 0 heterocycles. The van der Waals surface area contributed by atoms with Crippen molar-refractivity contribution in [3.05, 3.63) is 34.9 Å². The molecule has 0 fully saturated rings. The Bertz CT molecular complexity index is 289. The van der Waals surface area contributed by atoms with Crippen LogP contribution in [0.3, 0.4) is 0 Å². The van der Waals surface area contributed by atoms with E-state index in [4.69, 9.17) is 10.5 Å². The molecule has 0 radical (unpaired) electrons. The van der Waals surface area contributed by atoms with Gasteiger partial charge >= 0.3 is 0 Å². The summed E-state index contributed by atoms with van der Waals surface area (Å²) in [7, 11) is 0. The molecular weight excluding hydrogens is 186 g/mol. The van der Waals surface area contributed by atoms with Gasteiger partial charge in [0, 0.05) is 6.61 Å². The Labute approximate surface area is 92.4 Å². The van der Waals surface area contributed by atoms with Crippen LogP contribution in [0.1, 0.15) is 36.1 Å². The number of aryl methyl sites for hydroxylation is 2. The summed E-state index contributed by atoms with van der Waals surface area (Å²) < 4.78 is 5.45. The van der Waals surface area contributed by atoms with E-state index in [1.165, 1.54) is 16.7 Å². The topological polar surface area (TPSA) is 35.2 Å². The SMILES string of the molecule is CCCOCC(N)c1cc(C)cc(C)c1. The van der Waals surface area contributed by atoms with E-state index < -0.39 is 0 Å². The summed E-state index contributed by atoms with van der Waals surface area (Å²) in [5, 5.41) is 0. The van der Waals surface area contributed by atoms with E-state index in [0.29, 0.717) is 6.61 Å². The van der Waals surface area contributed by atoms with E-state index >= 15 is 0 Å². The second-order valence-corrected chi connectivity index (χ2v) is 4.10. The Morgan fingerprint density at radius 2 is 1.80 bits per heavy atom. The van der Waals surface area contributed by atoms with E-state index in [1.807, 2.05) is 0 Å². The van der Waals surface area contributed by atoms with Gasteiger partial charge in [-0.2, -0.15) is 0 Å². The van der Waals surface area contributed by atoms with Crippen LogP contribution in [0.4, 0.5) is 0 Å². The van der Waals surface area contributed by atoms with Crippen LogP contribution in [0.25, 0.3) is 0 Å². The molecule has 1 unspecified atom stereocenters. The van der Waals surface area contributed by atoms with Crippen molar-refractivity contribution in [2.75, 3.05) is 13.2 Å². The summed E-state index contributed by atoms with van der Waals surface area (Å²) in [6, 6.07) is 6.42. The predicted octanol–water partition coefficient (Wildman–Crippen LogP) is 2.73. The first-order valence-corrected chi connectivity index (χ1v) is 5.55. The maximum Gasteiger partial charge on any atom is 0.0659 e. The van der Waals surface area contributed by atoms with Crippen molar-refractivity contribution in [3.8, 4) is 0 Å². The van der Waals surface area contributed by atoms with Gasteiger partial charge in [-0.3, -0.25) is 0 Å². The van der Waals surface area contributed by atoms with E-state index in [1.54, 1.807) is 0 Å². The van der Waals surface area contributed by atoms with Crippen molar-refractivity contribution in [1.82, 2.24) is 0 Å². The van der Waals surface area contributed by atoms with Gasteiger partial charge in [0.15, 0.2) is 0 Å². The van der Waals surface area contributed by atoms with Crippen LogP contribution in [0.15, 0.2) is 18.2 Å². The number of hydrogen-bond donors (Lipinski definition) is 1. The van der Waals surface area contributed by atoms with Crippen LogP contribution in [0, 0.1) is 13.8 Å². The Hall–Kier alpha value is -0.860. The van der Waals surface area contributed by atoms with Crippen LogP contribution < -0.4 is 5.73 Å². The van der Waals surface area contributed by atoms with Crippen molar-refractivity contribution in [2.24, 2.45) is 5.73 Å². The molecule has 0 saturated heterocycles. The highest BCUT2D eigenvalue weighted by atomic mass is 16.5. The lowest BCUT2D eigenvalue weighted by Gasteiger charge is -2.13.